The summed E-state index contributed by atoms with van der Waals surface area (Å²) in [5, 5.41) is 2.75. The minimum atomic E-state index is -3.61. The molecule has 0 saturated carbocycles. The maximum Gasteiger partial charge on any atom is 0.255 e. The fourth-order valence-electron chi connectivity index (χ4n) is 2.04. The second-order valence-corrected chi connectivity index (χ2v) is 7.24. The largest absolute Gasteiger partial charge is 0.489 e. The van der Waals surface area contributed by atoms with Crippen molar-refractivity contribution < 1.29 is 17.9 Å². The number of anilines is 1. The Hall–Kier alpha value is -2.38. The molecule has 2 N–H and O–H groups in total. The lowest BCUT2D eigenvalue weighted by Gasteiger charge is -2.15. The summed E-state index contributed by atoms with van der Waals surface area (Å²) in [6.07, 6.45) is -0.0350. The molecule has 0 spiro atoms. The van der Waals surface area contributed by atoms with Crippen LogP contribution < -0.4 is 14.8 Å². The number of amides is 1. The van der Waals surface area contributed by atoms with E-state index in [0.29, 0.717) is 11.4 Å². The quantitative estimate of drug-likeness (QED) is 0.840. The molecule has 24 heavy (non-hydrogen) atoms. The molecule has 0 unspecified atom stereocenters. The molecule has 0 aliphatic heterocycles. The molecule has 0 radical (unpaired) electrons. The van der Waals surface area contributed by atoms with E-state index in [0.717, 1.165) is 0 Å². The van der Waals surface area contributed by atoms with Gasteiger partial charge in [-0.1, -0.05) is 18.2 Å². The molecule has 0 aliphatic rings. The molecule has 0 fully saturated rings. The number of ether oxygens (including phenoxy) is 1. The third-order valence-corrected chi connectivity index (χ3v) is 4.59. The zero-order valence-corrected chi connectivity index (χ0v) is 14.6. The van der Waals surface area contributed by atoms with Crippen LogP contribution in [0.15, 0.2) is 53.4 Å². The van der Waals surface area contributed by atoms with E-state index in [4.69, 9.17) is 4.74 Å². The van der Waals surface area contributed by atoms with Crippen LogP contribution in [-0.2, 0) is 10.0 Å². The SMILES string of the molecule is CNS(=O)(=O)c1cccc(C(=O)Nc2ccccc2OC(C)C)c1. The Labute approximate surface area is 141 Å². The molecular formula is C17H20N2O4S. The van der Waals surface area contributed by atoms with Crippen LogP contribution in [0.2, 0.25) is 0 Å². The van der Waals surface area contributed by atoms with Crippen LogP contribution in [0.4, 0.5) is 5.69 Å². The van der Waals surface area contributed by atoms with Gasteiger partial charge in [0.15, 0.2) is 0 Å². The monoisotopic (exact) mass is 348 g/mol. The Kier molecular flexibility index (Phi) is 5.58. The standard InChI is InChI=1S/C17H20N2O4S/c1-12(2)23-16-10-5-4-9-15(16)19-17(20)13-7-6-8-14(11-13)24(21,22)18-3/h4-12,18H,1-3H3,(H,19,20). The first kappa shape index (κ1) is 18.0. The van der Waals surface area contributed by atoms with Crippen LogP contribution in [0.1, 0.15) is 24.2 Å². The van der Waals surface area contributed by atoms with Crippen molar-refractivity contribution in [1.29, 1.82) is 0 Å². The fraction of sp³-hybridized carbons (Fsp3) is 0.235. The first-order valence-corrected chi connectivity index (χ1v) is 8.92. The molecule has 6 nitrogen and oxygen atoms in total. The summed E-state index contributed by atoms with van der Waals surface area (Å²) in [7, 11) is -2.28. The van der Waals surface area contributed by atoms with Crippen molar-refractivity contribution in [2.24, 2.45) is 0 Å². The van der Waals surface area contributed by atoms with E-state index in [1.54, 1.807) is 24.3 Å². The van der Waals surface area contributed by atoms with Crippen molar-refractivity contribution in [2.75, 3.05) is 12.4 Å². The van der Waals surface area contributed by atoms with Gasteiger partial charge in [0.1, 0.15) is 5.75 Å². The van der Waals surface area contributed by atoms with Crippen molar-refractivity contribution in [1.82, 2.24) is 4.72 Å². The summed E-state index contributed by atoms with van der Waals surface area (Å²) in [4.78, 5) is 12.5. The van der Waals surface area contributed by atoms with Crippen LogP contribution in [0.3, 0.4) is 0 Å². The van der Waals surface area contributed by atoms with Crippen LogP contribution in [0, 0.1) is 0 Å². The van der Waals surface area contributed by atoms with Gasteiger partial charge in [0.25, 0.3) is 5.91 Å². The minimum absolute atomic E-state index is 0.0318. The zero-order chi connectivity index (χ0) is 17.7. The number of sulfonamides is 1. The number of para-hydroxylation sites is 2. The lowest BCUT2D eigenvalue weighted by atomic mass is 10.2. The van der Waals surface area contributed by atoms with Gasteiger partial charge in [0.05, 0.1) is 16.7 Å². The van der Waals surface area contributed by atoms with E-state index in [1.165, 1.54) is 25.2 Å². The average Bonchev–Trinajstić information content (AvgIpc) is 2.56. The molecule has 2 rings (SSSR count). The van der Waals surface area contributed by atoms with Gasteiger partial charge in [0, 0.05) is 5.56 Å². The van der Waals surface area contributed by atoms with Crippen LogP contribution in [0.25, 0.3) is 0 Å². The number of benzene rings is 2. The van der Waals surface area contributed by atoms with Crippen molar-refractivity contribution in [2.45, 2.75) is 24.8 Å². The molecule has 128 valence electrons. The van der Waals surface area contributed by atoms with Gasteiger partial charge in [-0.3, -0.25) is 4.79 Å². The van der Waals surface area contributed by atoms with E-state index in [-0.39, 0.29) is 16.6 Å². The third-order valence-electron chi connectivity index (χ3n) is 3.17. The van der Waals surface area contributed by atoms with Crippen LogP contribution in [-0.4, -0.2) is 27.5 Å². The van der Waals surface area contributed by atoms with Crippen molar-refractivity contribution in [3.05, 3.63) is 54.1 Å². The third kappa shape index (κ3) is 4.33. The van der Waals surface area contributed by atoms with E-state index in [2.05, 4.69) is 10.0 Å². The molecule has 1 amide bonds. The second-order valence-electron chi connectivity index (χ2n) is 5.35. The first-order valence-electron chi connectivity index (χ1n) is 7.44. The second kappa shape index (κ2) is 7.46. The summed E-state index contributed by atoms with van der Waals surface area (Å²) in [6, 6.07) is 12.9. The zero-order valence-electron chi connectivity index (χ0n) is 13.7. The highest BCUT2D eigenvalue weighted by Gasteiger charge is 2.15. The molecule has 0 atom stereocenters. The number of hydrogen-bond acceptors (Lipinski definition) is 4. The average molecular weight is 348 g/mol. The highest BCUT2D eigenvalue weighted by molar-refractivity contribution is 7.89. The lowest BCUT2D eigenvalue weighted by molar-refractivity contribution is 0.102. The normalized spacial score (nSPS) is 11.3. The molecule has 0 bridgehead atoms. The van der Waals surface area contributed by atoms with Gasteiger partial charge >= 0.3 is 0 Å². The highest BCUT2D eigenvalue weighted by Crippen LogP contribution is 2.25. The molecule has 0 heterocycles. The Morgan fingerprint density at radius 3 is 2.46 bits per heavy atom. The smallest absolute Gasteiger partial charge is 0.255 e. The Morgan fingerprint density at radius 2 is 1.79 bits per heavy atom. The van der Waals surface area contributed by atoms with Gasteiger partial charge in [-0.2, -0.15) is 0 Å². The summed E-state index contributed by atoms with van der Waals surface area (Å²) < 4.78 is 31.6. The minimum Gasteiger partial charge on any atom is -0.489 e. The number of nitrogens with one attached hydrogen (secondary N) is 2. The van der Waals surface area contributed by atoms with E-state index >= 15 is 0 Å². The Balaban J connectivity index is 2.27. The summed E-state index contributed by atoms with van der Waals surface area (Å²) >= 11 is 0. The first-order chi connectivity index (χ1) is 11.3. The van der Waals surface area contributed by atoms with Gasteiger partial charge < -0.3 is 10.1 Å². The molecule has 0 aromatic heterocycles. The number of carbonyl (C=O) groups is 1. The van der Waals surface area contributed by atoms with Crippen LogP contribution in [0.5, 0.6) is 5.75 Å². The van der Waals surface area contributed by atoms with Crippen molar-refractivity contribution in [3.8, 4) is 5.75 Å². The molecule has 7 heteroatoms. The number of rotatable bonds is 6. The van der Waals surface area contributed by atoms with Gasteiger partial charge in [0.2, 0.25) is 10.0 Å². The van der Waals surface area contributed by atoms with E-state index in [1.807, 2.05) is 19.9 Å². The fourth-order valence-corrected chi connectivity index (χ4v) is 2.82. The van der Waals surface area contributed by atoms with E-state index in [9.17, 15) is 13.2 Å². The molecular weight excluding hydrogens is 328 g/mol. The van der Waals surface area contributed by atoms with Gasteiger partial charge in [-0.25, -0.2) is 13.1 Å². The number of hydrogen-bond donors (Lipinski definition) is 2. The maximum absolute atomic E-state index is 12.4. The highest BCUT2D eigenvalue weighted by atomic mass is 32.2. The maximum atomic E-state index is 12.4. The molecule has 2 aromatic carbocycles. The van der Waals surface area contributed by atoms with Crippen LogP contribution >= 0.6 is 0 Å². The summed E-state index contributed by atoms with van der Waals surface area (Å²) in [6.45, 7) is 3.79. The predicted octanol–water partition coefficient (Wildman–Crippen LogP) is 2.63. The van der Waals surface area contributed by atoms with Gasteiger partial charge in [-0.05, 0) is 51.2 Å². The molecule has 2 aromatic rings. The lowest BCUT2D eigenvalue weighted by Crippen LogP contribution is -2.20. The summed E-state index contributed by atoms with van der Waals surface area (Å²) in [5.74, 6) is 0.141. The van der Waals surface area contributed by atoms with E-state index < -0.39 is 15.9 Å². The van der Waals surface area contributed by atoms with Crippen molar-refractivity contribution in [3.63, 3.8) is 0 Å². The van der Waals surface area contributed by atoms with Crippen molar-refractivity contribution >= 4 is 21.6 Å². The van der Waals surface area contributed by atoms with Gasteiger partial charge in [-0.15, -0.1) is 0 Å². The molecule has 0 aliphatic carbocycles. The summed E-state index contributed by atoms with van der Waals surface area (Å²) in [5.41, 5.74) is 0.767. The Morgan fingerprint density at radius 1 is 1.08 bits per heavy atom. The topological polar surface area (TPSA) is 84.5 Å². The number of carbonyl (C=O) groups excluding carboxylic acids is 1. The molecule has 0 saturated heterocycles. The predicted molar refractivity (Wildman–Crippen MR) is 92.8 cm³/mol. The Bertz CT molecular complexity index is 832.